The number of aromatic nitrogens is 1. The summed E-state index contributed by atoms with van der Waals surface area (Å²) in [5.74, 6) is -0.899. The van der Waals surface area contributed by atoms with Crippen LogP contribution in [0.15, 0.2) is 23.1 Å². The minimum Gasteiger partial charge on any atom is -0.452 e. The summed E-state index contributed by atoms with van der Waals surface area (Å²) in [6, 6.07) is 2.58. The fourth-order valence-electron chi connectivity index (χ4n) is 2.22. The zero-order valence-electron chi connectivity index (χ0n) is 12.0. The predicted octanol–water partition coefficient (Wildman–Crippen LogP) is 0.167. The number of ether oxygens (including phenoxy) is 2. The average Bonchev–Trinajstić information content (AvgIpc) is 2.44. The maximum atomic E-state index is 12.0. The number of pyridine rings is 1. The van der Waals surface area contributed by atoms with Crippen LogP contribution in [-0.2, 0) is 14.3 Å². The molecular weight excluding hydrogens is 276 g/mol. The smallest absolute Gasteiger partial charge is 0.340 e. The van der Waals surface area contributed by atoms with E-state index in [1.165, 1.54) is 18.3 Å². The fraction of sp³-hybridized carbons (Fsp3) is 0.500. The van der Waals surface area contributed by atoms with E-state index < -0.39 is 5.97 Å². The molecule has 1 aromatic heterocycles. The van der Waals surface area contributed by atoms with E-state index in [0.717, 1.165) is 0 Å². The van der Waals surface area contributed by atoms with Crippen LogP contribution < -0.4 is 5.56 Å². The molecule has 1 aromatic rings. The van der Waals surface area contributed by atoms with Gasteiger partial charge in [0, 0.05) is 25.4 Å². The Morgan fingerprint density at radius 3 is 2.57 bits per heavy atom. The molecule has 1 saturated heterocycles. The van der Waals surface area contributed by atoms with Crippen molar-refractivity contribution in [3.63, 3.8) is 0 Å². The summed E-state index contributed by atoms with van der Waals surface area (Å²) in [5.41, 5.74) is -0.106. The van der Waals surface area contributed by atoms with Gasteiger partial charge < -0.3 is 19.4 Å². The van der Waals surface area contributed by atoms with Crippen LogP contribution in [0.5, 0.6) is 0 Å². The standard InChI is InChI=1S/C14H18N2O5/c1-9-6-16(7-10(2)21-9)13(18)8-20-14(19)11-3-4-12(17)15-5-11/h3-5,9-10H,6-8H2,1-2H3,(H,15,17). The number of aromatic amines is 1. The monoisotopic (exact) mass is 294 g/mol. The number of nitrogens with zero attached hydrogens (tertiary/aromatic N) is 1. The molecule has 2 heterocycles. The topological polar surface area (TPSA) is 88.7 Å². The molecule has 7 nitrogen and oxygen atoms in total. The number of carbonyl (C=O) groups is 2. The van der Waals surface area contributed by atoms with Gasteiger partial charge >= 0.3 is 5.97 Å². The predicted molar refractivity (Wildman–Crippen MR) is 73.9 cm³/mol. The molecule has 0 saturated carbocycles. The number of hydrogen-bond donors (Lipinski definition) is 1. The molecule has 1 aliphatic rings. The van der Waals surface area contributed by atoms with Crippen molar-refractivity contribution in [2.45, 2.75) is 26.1 Å². The molecule has 0 spiro atoms. The third-order valence-electron chi connectivity index (χ3n) is 3.12. The number of carbonyl (C=O) groups excluding carboxylic acids is 2. The van der Waals surface area contributed by atoms with E-state index in [1.54, 1.807) is 4.90 Å². The Balaban J connectivity index is 1.87. The van der Waals surface area contributed by atoms with Crippen LogP contribution in [0.4, 0.5) is 0 Å². The number of H-pyrrole nitrogens is 1. The molecule has 21 heavy (non-hydrogen) atoms. The van der Waals surface area contributed by atoms with Crippen molar-refractivity contribution >= 4 is 11.9 Å². The number of hydrogen-bond acceptors (Lipinski definition) is 5. The zero-order chi connectivity index (χ0) is 15.4. The highest BCUT2D eigenvalue weighted by Gasteiger charge is 2.26. The number of nitrogens with one attached hydrogen (secondary N) is 1. The molecule has 1 amide bonds. The Morgan fingerprint density at radius 1 is 1.33 bits per heavy atom. The largest absolute Gasteiger partial charge is 0.452 e. The van der Waals surface area contributed by atoms with Gasteiger partial charge in [0.25, 0.3) is 5.91 Å². The minimum absolute atomic E-state index is 0.0346. The van der Waals surface area contributed by atoms with E-state index in [0.29, 0.717) is 13.1 Å². The van der Waals surface area contributed by atoms with Crippen molar-refractivity contribution in [3.8, 4) is 0 Å². The lowest BCUT2D eigenvalue weighted by Crippen LogP contribution is -2.49. The Hall–Kier alpha value is -2.15. The number of rotatable bonds is 3. The van der Waals surface area contributed by atoms with Crippen LogP contribution in [0.2, 0.25) is 0 Å². The second-order valence-corrected chi connectivity index (χ2v) is 5.07. The van der Waals surface area contributed by atoms with Gasteiger partial charge in [-0.3, -0.25) is 9.59 Å². The third kappa shape index (κ3) is 4.16. The third-order valence-corrected chi connectivity index (χ3v) is 3.12. The van der Waals surface area contributed by atoms with Gasteiger partial charge in [-0.25, -0.2) is 4.79 Å². The van der Waals surface area contributed by atoms with Gasteiger partial charge in [-0.2, -0.15) is 0 Å². The van der Waals surface area contributed by atoms with Crippen LogP contribution in [0, 0.1) is 0 Å². The molecule has 2 rings (SSSR count). The number of esters is 1. The summed E-state index contributed by atoms with van der Waals surface area (Å²) in [7, 11) is 0. The van der Waals surface area contributed by atoms with Crippen molar-refractivity contribution in [2.75, 3.05) is 19.7 Å². The molecule has 1 aliphatic heterocycles. The van der Waals surface area contributed by atoms with Crippen molar-refractivity contribution in [2.24, 2.45) is 0 Å². The van der Waals surface area contributed by atoms with Crippen LogP contribution in [0.25, 0.3) is 0 Å². The maximum absolute atomic E-state index is 12.0. The van der Waals surface area contributed by atoms with Gasteiger partial charge in [-0.15, -0.1) is 0 Å². The van der Waals surface area contributed by atoms with Crippen molar-refractivity contribution in [3.05, 3.63) is 34.2 Å². The van der Waals surface area contributed by atoms with Crippen molar-refractivity contribution in [1.82, 2.24) is 9.88 Å². The molecule has 114 valence electrons. The van der Waals surface area contributed by atoms with Gasteiger partial charge in [0.1, 0.15) is 0 Å². The second-order valence-electron chi connectivity index (χ2n) is 5.07. The summed E-state index contributed by atoms with van der Waals surface area (Å²) in [6.07, 6.45) is 1.19. The van der Waals surface area contributed by atoms with E-state index in [-0.39, 0.29) is 35.8 Å². The summed E-state index contributed by atoms with van der Waals surface area (Å²) in [5, 5.41) is 0. The van der Waals surface area contributed by atoms with Crippen LogP contribution >= 0.6 is 0 Å². The van der Waals surface area contributed by atoms with E-state index in [2.05, 4.69) is 4.98 Å². The van der Waals surface area contributed by atoms with Crippen molar-refractivity contribution in [1.29, 1.82) is 0 Å². The first-order chi connectivity index (χ1) is 9.95. The van der Waals surface area contributed by atoms with Gasteiger partial charge in [-0.05, 0) is 19.9 Å². The number of amides is 1. The van der Waals surface area contributed by atoms with Crippen LogP contribution in [0.1, 0.15) is 24.2 Å². The first kappa shape index (κ1) is 15.2. The SMILES string of the molecule is CC1CN(C(=O)COC(=O)c2ccc(=O)[nH]c2)CC(C)O1. The quantitative estimate of drug-likeness (QED) is 0.803. The van der Waals surface area contributed by atoms with Gasteiger partial charge in [0.15, 0.2) is 6.61 Å². The highest BCUT2D eigenvalue weighted by molar-refractivity contribution is 5.90. The molecule has 1 N–H and O–H groups in total. The zero-order valence-corrected chi connectivity index (χ0v) is 12.0. The highest BCUT2D eigenvalue weighted by atomic mass is 16.5. The van der Waals surface area contributed by atoms with E-state index >= 15 is 0 Å². The molecule has 0 bridgehead atoms. The Bertz CT molecular complexity index is 552. The average molecular weight is 294 g/mol. The number of morpholine rings is 1. The van der Waals surface area contributed by atoms with Crippen molar-refractivity contribution < 1.29 is 19.1 Å². The first-order valence-electron chi connectivity index (χ1n) is 6.75. The molecule has 7 heteroatoms. The second kappa shape index (κ2) is 6.53. The molecule has 1 fully saturated rings. The summed E-state index contributed by atoms with van der Waals surface area (Å²) < 4.78 is 10.5. The first-order valence-corrected chi connectivity index (χ1v) is 6.75. The Kier molecular flexibility index (Phi) is 4.74. The highest BCUT2D eigenvalue weighted by Crippen LogP contribution is 2.11. The van der Waals surface area contributed by atoms with E-state index in [1.807, 2.05) is 13.8 Å². The Labute approximate surface area is 121 Å². The maximum Gasteiger partial charge on any atom is 0.340 e. The summed E-state index contributed by atoms with van der Waals surface area (Å²) >= 11 is 0. The molecule has 0 aromatic carbocycles. The van der Waals surface area contributed by atoms with E-state index in [4.69, 9.17) is 9.47 Å². The normalized spacial score (nSPS) is 21.9. The van der Waals surface area contributed by atoms with Gasteiger partial charge in [0.2, 0.25) is 5.56 Å². The lowest BCUT2D eigenvalue weighted by atomic mass is 10.2. The summed E-state index contributed by atoms with van der Waals surface area (Å²) in [6.45, 7) is 4.43. The molecular formula is C14H18N2O5. The van der Waals surface area contributed by atoms with E-state index in [9.17, 15) is 14.4 Å². The lowest BCUT2D eigenvalue weighted by molar-refractivity contribution is -0.146. The molecule has 0 aliphatic carbocycles. The Morgan fingerprint density at radius 2 is 2.00 bits per heavy atom. The molecule has 0 radical (unpaired) electrons. The summed E-state index contributed by atoms with van der Waals surface area (Å²) in [4.78, 5) is 38.6. The molecule has 2 unspecified atom stereocenters. The van der Waals surface area contributed by atoms with Gasteiger partial charge in [-0.1, -0.05) is 0 Å². The molecule has 2 atom stereocenters. The minimum atomic E-state index is -0.644. The van der Waals surface area contributed by atoms with Crippen LogP contribution in [0.3, 0.4) is 0 Å². The van der Waals surface area contributed by atoms with Gasteiger partial charge in [0.05, 0.1) is 17.8 Å². The fourth-order valence-corrected chi connectivity index (χ4v) is 2.22. The van der Waals surface area contributed by atoms with Crippen LogP contribution in [-0.4, -0.2) is 53.7 Å². The lowest BCUT2D eigenvalue weighted by Gasteiger charge is -2.35.